The van der Waals surface area contributed by atoms with Crippen LogP contribution in [0.2, 0.25) is 0 Å². The Bertz CT molecular complexity index is 1450. The van der Waals surface area contributed by atoms with Crippen molar-refractivity contribution >= 4 is 27.7 Å². The average molecular weight is 470 g/mol. The van der Waals surface area contributed by atoms with Gasteiger partial charge in [0.25, 0.3) is 11.5 Å². The summed E-state index contributed by atoms with van der Waals surface area (Å²) in [6.07, 6.45) is -1.22. The van der Waals surface area contributed by atoms with Gasteiger partial charge in [0, 0.05) is 36.5 Å². The van der Waals surface area contributed by atoms with Crippen LogP contribution in [0.1, 0.15) is 28.8 Å². The van der Waals surface area contributed by atoms with Crippen LogP contribution < -0.4 is 10.9 Å². The van der Waals surface area contributed by atoms with Crippen LogP contribution in [0.4, 0.5) is 13.2 Å². The number of nitrogens with one attached hydrogen (secondary N) is 1. The molecule has 5 rings (SSSR count). The number of halogens is 3. The van der Waals surface area contributed by atoms with Gasteiger partial charge in [0.15, 0.2) is 0 Å². The van der Waals surface area contributed by atoms with Gasteiger partial charge in [-0.15, -0.1) is 0 Å². The van der Waals surface area contributed by atoms with Crippen molar-refractivity contribution in [3.05, 3.63) is 70.1 Å². The quantitative estimate of drug-likeness (QED) is 0.494. The third-order valence-corrected chi connectivity index (χ3v) is 5.97. The molecule has 1 aliphatic rings. The van der Waals surface area contributed by atoms with E-state index in [0.29, 0.717) is 40.6 Å². The number of benzene rings is 2. The molecule has 1 atom stereocenters. The van der Waals surface area contributed by atoms with Gasteiger partial charge in [-0.2, -0.15) is 18.3 Å². The summed E-state index contributed by atoms with van der Waals surface area (Å²) in [4.78, 5) is 26.2. The van der Waals surface area contributed by atoms with E-state index < -0.39 is 17.3 Å². The first-order chi connectivity index (χ1) is 16.2. The van der Waals surface area contributed by atoms with Crippen LogP contribution in [0.15, 0.2) is 53.5 Å². The van der Waals surface area contributed by atoms with Crippen LogP contribution >= 0.6 is 0 Å². The van der Waals surface area contributed by atoms with Gasteiger partial charge in [-0.1, -0.05) is 0 Å². The Balaban J connectivity index is 1.65. The SMILES string of the molecule is Cn1cc2c(=O)n(-c3ccc(C(F)(F)F)cc3)c3ccc(C(=O)N[C@H]4CCCOC4)cc3c2n1. The van der Waals surface area contributed by atoms with Crippen LogP contribution in [0.25, 0.3) is 27.5 Å². The summed E-state index contributed by atoms with van der Waals surface area (Å²) < 4.78 is 47.3. The number of pyridine rings is 1. The average Bonchev–Trinajstić information content (AvgIpc) is 3.21. The number of hydrogen-bond donors (Lipinski definition) is 1. The van der Waals surface area contributed by atoms with Gasteiger partial charge in [-0.05, 0) is 55.3 Å². The lowest BCUT2D eigenvalue weighted by atomic mass is 10.1. The minimum absolute atomic E-state index is 0.0760. The van der Waals surface area contributed by atoms with Crippen LogP contribution in [0, 0.1) is 0 Å². The lowest BCUT2D eigenvalue weighted by Crippen LogP contribution is -2.40. The number of nitrogens with zero attached hydrogens (tertiary/aromatic N) is 3. The first kappa shape index (κ1) is 22.1. The molecule has 1 N–H and O–H groups in total. The summed E-state index contributed by atoms with van der Waals surface area (Å²) in [7, 11) is 1.67. The Morgan fingerprint density at radius 3 is 2.59 bits per heavy atom. The molecule has 1 saturated heterocycles. The lowest BCUT2D eigenvalue weighted by molar-refractivity contribution is -0.137. The fourth-order valence-corrected chi connectivity index (χ4v) is 4.31. The smallest absolute Gasteiger partial charge is 0.379 e. The number of carbonyl (C=O) groups excluding carboxylic acids is 1. The Morgan fingerprint density at radius 2 is 1.91 bits per heavy atom. The van der Waals surface area contributed by atoms with Gasteiger partial charge in [0.05, 0.1) is 29.1 Å². The Labute approximate surface area is 191 Å². The van der Waals surface area contributed by atoms with E-state index in [1.807, 2.05) is 0 Å². The second-order valence-corrected chi connectivity index (χ2v) is 8.37. The lowest BCUT2D eigenvalue weighted by Gasteiger charge is -2.23. The maximum atomic E-state index is 13.3. The molecule has 0 spiro atoms. The van der Waals surface area contributed by atoms with Crippen LogP contribution in [-0.2, 0) is 18.0 Å². The second-order valence-electron chi connectivity index (χ2n) is 8.37. The van der Waals surface area contributed by atoms with Gasteiger partial charge in [-0.3, -0.25) is 18.8 Å². The molecule has 0 bridgehead atoms. The monoisotopic (exact) mass is 470 g/mol. The molecule has 0 unspecified atom stereocenters. The van der Waals surface area contributed by atoms with Gasteiger partial charge < -0.3 is 10.1 Å². The zero-order valence-electron chi connectivity index (χ0n) is 18.2. The highest BCUT2D eigenvalue weighted by Crippen LogP contribution is 2.31. The van der Waals surface area contributed by atoms with E-state index in [2.05, 4.69) is 10.4 Å². The fourth-order valence-electron chi connectivity index (χ4n) is 4.31. The maximum Gasteiger partial charge on any atom is 0.416 e. The molecule has 2 aromatic carbocycles. The molecule has 7 nitrogen and oxygen atoms in total. The zero-order chi connectivity index (χ0) is 24.0. The molecule has 2 aromatic heterocycles. The number of carbonyl (C=O) groups is 1. The van der Waals surface area contributed by atoms with Crippen molar-refractivity contribution in [2.45, 2.75) is 25.1 Å². The summed E-state index contributed by atoms with van der Waals surface area (Å²) >= 11 is 0. The molecular formula is C24H21F3N4O3. The molecule has 176 valence electrons. The number of hydrogen-bond acceptors (Lipinski definition) is 4. The molecular weight excluding hydrogens is 449 g/mol. The summed E-state index contributed by atoms with van der Waals surface area (Å²) in [5.74, 6) is -0.270. The number of aromatic nitrogens is 3. The van der Waals surface area contributed by atoms with Crippen LogP contribution in [-0.4, -0.2) is 39.5 Å². The third-order valence-electron chi connectivity index (χ3n) is 5.97. The van der Waals surface area contributed by atoms with Crippen molar-refractivity contribution in [2.24, 2.45) is 7.05 Å². The van der Waals surface area contributed by atoms with Crippen molar-refractivity contribution in [3.63, 3.8) is 0 Å². The normalized spacial score (nSPS) is 16.8. The second kappa shape index (κ2) is 8.28. The van der Waals surface area contributed by atoms with Gasteiger partial charge in [-0.25, -0.2) is 0 Å². The van der Waals surface area contributed by atoms with Crippen LogP contribution in [0.3, 0.4) is 0 Å². The van der Waals surface area contributed by atoms with Crippen molar-refractivity contribution in [1.29, 1.82) is 0 Å². The third kappa shape index (κ3) is 3.94. The summed E-state index contributed by atoms with van der Waals surface area (Å²) in [5.41, 5.74) is 0.316. The molecule has 1 fully saturated rings. The van der Waals surface area contributed by atoms with E-state index in [4.69, 9.17) is 4.74 Å². The first-order valence-corrected chi connectivity index (χ1v) is 10.8. The molecule has 0 aliphatic carbocycles. The number of aryl methyl sites for hydroxylation is 1. The fraction of sp³-hybridized carbons (Fsp3) is 0.292. The van der Waals surface area contributed by atoms with E-state index in [1.165, 1.54) is 21.4 Å². The van der Waals surface area contributed by atoms with E-state index >= 15 is 0 Å². The molecule has 34 heavy (non-hydrogen) atoms. The number of amides is 1. The first-order valence-electron chi connectivity index (χ1n) is 10.8. The number of fused-ring (bicyclic) bond motifs is 3. The minimum Gasteiger partial charge on any atom is -0.379 e. The van der Waals surface area contributed by atoms with E-state index in [0.717, 1.165) is 25.0 Å². The van der Waals surface area contributed by atoms with Gasteiger partial charge in [0.2, 0.25) is 0 Å². The molecule has 10 heteroatoms. The Morgan fingerprint density at radius 1 is 1.15 bits per heavy atom. The standard InChI is InChI=1S/C24H21F3N4O3/c1-30-12-19-21(29-30)18-11-14(22(32)28-16-3-2-10-34-13-16)4-9-20(18)31(23(19)33)17-7-5-15(6-8-17)24(25,26)27/h4-9,11-12,16H,2-3,10,13H2,1H3,(H,28,32)/t16-/m0/s1. The molecule has 3 heterocycles. The van der Waals surface area contributed by atoms with E-state index in [9.17, 15) is 22.8 Å². The number of alkyl halides is 3. The molecule has 1 amide bonds. The summed E-state index contributed by atoms with van der Waals surface area (Å²) in [5, 5.41) is 8.21. The Hall–Kier alpha value is -3.66. The van der Waals surface area contributed by atoms with E-state index in [1.54, 1.807) is 31.4 Å². The van der Waals surface area contributed by atoms with Gasteiger partial charge >= 0.3 is 6.18 Å². The summed E-state index contributed by atoms with van der Waals surface area (Å²) in [6, 6.07) is 9.19. The topological polar surface area (TPSA) is 78.2 Å². The Kier molecular flexibility index (Phi) is 5.40. The zero-order valence-corrected chi connectivity index (χ0v) is 18.2. The highest BCUT2D eigenvalue weighted by atomic mass is 19.4. The van der Waals surface area contributed by atoms with Gasteiger partial charge in [0.1, 0.15) is 5.52 Å². The van der Waals surface area contributed by atoms with Crippen molar-refractivity contribution in [1.82, 2.24) is 19.7 Å². The molecule has 0 radical (unpaired) electrons. The predicted octanol–water partition coefficient (Wildman–Crippen LogP) is 3.81. The maximum absolute atomic E-state index is 13.3. The van der Waals surface area contributed by atoms with E-state index in [-0.39, 0.29) is 17.6 Å². The molecule has 0 saturated carbocycles. The predicted molar refractivity (Wildman–Crippen MR) is 120 cm³/mol. The molecule has 1 aliphatic heterocycles. The van der Waals surface area contributed by atoms with Crippen molar-refractivity contribution in [2.75, 3.05) is 13.2 Å². The van der Waals surface area contributed by atoms with Crippen molar-refractivity contribution < 1.29 is 22.7 Å². The minimum atomic E-state index is -4.48. The van der Waals surface area contributed by atoms with Crippen LogP contribution in [0.5, 0.6) is 0 Å². The number of rotatable bonds is 3. The molecule has 4 aromatic rings. The number of ether oxygens (including phenoxy) is 1. The highest BCUT2D eigenvalue weighted by Gasteiger charge is 2.30. The highest BCUT2D eigenvalue weighted by molar-refractivity contribution is 6.07. The summed E-state index contributed by atoms with van der Waals surface area (Å²) in [6.45, 7) is 1.14. The largest absolute Gasteiger partial charge is 0.416 e. The van der Waals surface area contributed by atoms with Crippen molar-refractivity contribution in [3.8, 4) is 5.69 Å².